The van der Waals surface area contributed by atoms with Gasteiger partial charge in [-0.25, -0.2) is 0 Å². The van der Waals surface area contributed by atoms with Crippen molar-refractivity contribution in [1.82, 2.24) is 19.6 Å². The van der Waals surface area contributed by atoms with Crippen LogP contribution in [-0.2, 0) is 13.1 Å². The van der Waals surface area contributed by atoms with Crippen LogP contribution < -0.4 is 5.32 Å². The van der Waals surface area contributed by atoms with Gasteiger partial charge in [0.1, 0.15) is 0 Å². The van der Waals surface area contributed by atoms with Crippen LogP contribution in [0.5, 0.6) is 0 Å². The Morgan fingerprint density at radius 1 is 1.13 bits per heavy atom. The Morgan fingerprint density at radius 2 is 1.87 bits per heavy atom. The number of hydrogen-bond donors (Lipinski definition) is 1. The average Bonchev–Trinajstić information content (AvgIpc) is 3.17. The molecule has 0 aliphatic heterocycles. The molecule has 0 aliphatic rings. The van der Waals surface area contributed by atoms with E-state index in [1.54, 1.807) is 29.2 Å². The third kappa shape index (κ3) is 3.87. The topological polar surface area (TPSA) is 64.7 Å². The number of aryl methyl sites for hydroxylation is 1. The van der Waals surface area contributed by atoms with Crippen LogP contribution in [-0.4, -0.2) is 25.5 Å². The average molecular weight is 374 g/mol. The van der Waals surface area contributed by atoms with Crippen LogP contribution in [0.1, 0.15) is 22.8 Å². The lowest BCUT2D eigenvalue weighted by Gasteiger charge is -2.02. The molecule has 0 aliphatic carbocycles. The van der Waals surface area contributed by atoms with Crippen molar-refractivity contribution in [2.75, 3.05) is 5.32 Å². The number of hydrogen-bond acceptors (Lipinski definition) is 3. The maximum atomic E-state index is 12.2. The Kier molecular flexibility index (Phi) is 4.57. The highest BCUT2D eigenvalue weighted by Gasteiger charge is 2.08. The number of amides is 1. The van der Waals surface area contributed by atoms with Gasteiger partial charge in [0.25, 0.3) is 5.91 Å². The van der Waals surface area contributed by atoms with E-state index in [1.165, 1.54) is 0 Å². The largest absolute Gasteiger partial charge is 0.319 e. The molecule has 1 N–H and O–H groups in total. The zero-order valence-corrected chi connectivity index (χ0v) is 14.2. The van der Waals surface area contributed by atoms with E-state index < -0.39 is 0 Å². The van der Waals surface area contributed by atoms with Crippen molar-refractivity contribution in [3.05, 3.63) is 64.7 Å². The van der Waals surface area contributed by atoms with Gasteiger partial charge < -0.3 is 5.32 Å². The highest BCUT2D eigenvalue weighted by Crippen LogP contribution is 2.13. The van der Waals surface area contributed by atoms with Gasteiger partial charge in [0, 0.05) is 34.5 Å². The summed E-state index contributed by atoms with van der Waals surface area (Å²) in [4.78, 5) is 12.2. The van der Waals surface area contributed by atoms with Crippen LogP contribution in [0.2, 0.25) is 0 Å². The summed E-state index contributed by atoms with van der Waals surface area (Å²) < 4.78 is 4.58. The van der Waals surface area contributed by atoms with E-state index in [2.05, 4.69) is 31.4 Å². The lowest BCUT2D eigenvalue weighted by Crippen LogP contribution is -2.11. The van der Waals surface area contributed by atoms with Crippen molar-refractivity contribution >= 4 is 27.5 Å². The molecule has 6 nitrogen and oxygen atoms in total. The van der Waals surface area contributed by atoms with Crippen molar-refractivity contribution in [3.63, 3.8) is 0 Å². The molecule has 0 saturated heterocycles. The molecule has 7 heteroatoms. The Morgan fingerprint density at radius 3 is 2.57 bits per heavy atom. The minimum Gasteiger partial charge on any atom is -0.319 e. The van der Waals surface area contributed by atoms with Gasteiger partial charge in [-0.15, -0.1) is 0 Å². The van der Waals surface area contributed by atoms with Crippen molar-refractivity contribution < 1.29 is 4.79 Å². The maximum absolute atomic E-state index is 12.2. The molecule has 118 valence electrons. The van der Waals surface area contributed by atoms with Crippen LogP contribution in [0.25, 0.3) is 0 Å². The van der Waals surface area contributed by atoms with E-state index in [-0.39, 0.29) is 5.91 Å². The number of nitrogens with zero attached hydrogens (tertiary/aromatic N) is 4. The van der Waals surface area contributed by atoms with Crippen molar-refractivity contribution in [2.24, 2.45) is 0 Å². The molecule has 0 saturated carbocycles. The molecule has 1 aromatic carbocycles. The lowest BCUT2D eigenvalue weighted by molar-refractivity contribution is 0.102. The first-order chi connectivity index (χ1) is 11.1. The van der Waals surface area contributed by atoms with Crippen LogP contribution in [0.15, 0.2) is 53.5 Å². The van der Waals surface area contributed by atoms with Crippen LogP contribution >= 0.6 is 15.9 Å². The molecule has 0 bridgehead atoms. The van der Waals surface area contributed by atoms with Gasteiger partial charge >= 0.3 is 0 Å². The fourth-order valence-corrected chi connectivity index (χ4v) is 2.43. The van der Waals surface area contributed by atoms with Gasteiger partial charge in [-0.3, -0.25) is 14.2 Å². The van der Waals surface area contributed by atoms with Gasteiger partial charge in [0.05, 0.1) is 24.6 Å². The molecule has 0 unspecified atom stereocenters. The normalized spacial score (nSPS) is 10.7. The fourth-order valence-electron chi connectivity index (χ4n) is 2.17. The highest BCUT2D eigenvalue weighted by molar-refractivity contribution is 9.10. The summed E-state index contributed by atoms with van der Waals surface area (Å²) in [5.74, 6) is -0.157. The molecule has 0 radical (unpaired) electrons. The number of rotatable bonds is 5. The molecule has 23 heavy (non-hydrogen) atoms. The third-order valence-corrected chi connectivity index (χ3v) is 3.88. The summed E-state index contributed by atoms with van der Waals surface area (Å²) >= 11 is 3.35. The summed E-state index contributed by atoms with van der Waals surface area (Å²) in [5, 5.41) is 11.3. The number of halogens is 1. The Bertz CT molecular complexity index is 806. The number of carbonyl (C=O) groups excluding carboxylic acids is 1. The summed E-state index contributed by atoms with van der Waals surface area (Å²) in [7, 11) is 0. The first-order valence-corrected chi connectivity index (χ1v) is 8.04. The van der Waals surface area contributed by atoms with Gasteiger partial charge in [-0.05, 0) is 31.2 Å². The second-order valence-corrected chi connectivity index (χ2v) is 6.01. The van der Waals surface area contributed by atoms with E-state index in [9.17, 15) is 4.79 Å². The summed E-state index contributed by atoms with van der Waals surface area (Å²) in [5.41, 5.74) is 2.34. The van der Waals surface area contributed by atoms with Gasteiger partial charge in [0.15, 0.2) is 0 Å². The fraction of sp³-hybridized carbons (Fsp3) is 0.188. The summed E-state index contributed by atoms with van der Waals surface area (Å²) in [6.45, 7) is 3.50. The van der Waals surface area contributed by atoms with Crippen molar-refractivity contribution in [2.45, 2.75) is 20.0 Å². The molecule has 2 heterocycles. The second-order valence-electron chi connectivity index (χ2n) is 5.09. The third-order valence-electron chi connectivity index (χ3n) is 3.35. The van der Waals surface area contributed by atoms with E-state index >= 15 is 0 Å². The molecule has 1 amide bonds. The molecule has 0 spiro atoms. The molecule has 0 fully saturated rings. The number of carbonyl (C=O) groups is 1. The summed E-state index contributed by atoms with van der Waals surface area (Å²) in [6.07, 6.45) is 7.26. The van der Waals surface area contributed by atoms with E-state index in [4.69, 9.17) is 0 Å². The first-order valence-electron chi connectivity index (χ1n) is 7.25. The summed E-state index contributed by atoms with van der Waals surface area (Å²) in [6, 6.07) is 7.21. The first kappa shape index (κ1) is 15.5. The van der Waals surface area contributed by atoms with Gasteiger partial charge in [0.2, 0.25) is 0 Å². The number of aromatic nitrogens is 4. The Labute approximate surface area is 142 Å². The molecule has 3 aromatic rings. The van der Waals surface area contributed by atoms with E-state index in [0.717, 1.165) is 16.6 Å². The monoisotopic (exact) mass is 373 g/mol. The molecule has 2 aromatic heterocycles. The highest BCUT2D eigenvalue weighted by atomic mass is 79.9. The zero-order valence-electron chi connectivity index (χ0n) is 12.6. The van der Waals surface area contributed by atoms with E-state index in [0.29, 0.717) is 17.8 Å². The number of anilines is 1. The zero-order chi connectivity index (χ0) is 16.2. The molecular formula is C16H16BrN5O. The van der Waals surface area contributed by atoms with Gasteiger partial charge in [-0.1, -0.05) is 15.9 Å². The van der Waals surface area contributed by atoms with Crippen molar-refractivity contribution in [1.29, 1.82) is 0 Å². The SMILES string of the molecule is CCn1cc(Cn2cc(NC(=O)c3ccc(Br)cc3)cn2)cn1. The minimum absolute atomic E-state index is 0.157. The predicted molar refractivity (Wildman–Crippen MR) is 91.3 cm³/mol. The van der Waals surface area contributed by atoms with Crippen LogP contribution in [0.4, 0.5) is 5.69 Å². The number of benzene rings is 1. The molecule has 3 rings (SSSR count). The van der Waals surface area contributed by atoms with Crippen molar-refractivity contribution in [3.8, 4) is 0 Å². The molecule has 0 atom stereocenters. The lowest BCUT2D eigenvalue weighted by atomic mass is 10.2. The minimum atomic E-state index is -0.157. The maximum Gasteiger partial charge on any atom is 0.255 e. The van der Waals surface area contributed by atoms with Crippen LogP contribution in [0, 0.1) is 0 Å². The predicted octanol–water partition coefficient (Wildman–Crippen LogP) is 3.16. The van der Waals surface area contributed by atoms with Crippen LogP contribution in [0.3, 0.4) is 0 Å². The van der Waals surface area contributed by atoms with Gasteiger partial charge in [-0.2, -0.15) is 10.2 Å². The smallest absolute Gasteiger partial charge is 0.255 e. The quantitative estimate of drug-likeness (QED) is 0.746. The Balaban J connectivity index is 1.64. The second kappa shape index (κ2) is 6.78. The molecular weight excluding hydrogens is 358 g/mol. The van der Waals surface area contributed by atoms with E-state index in [1.807, 2.05) is 36.1 Å². The Hall–Kier alpha value is -2.41. The standard InChI is InChI=1S/C16H16BrN5O/c1-2-21-9-12(7-18-21)10-22-11-15(8-19-22)20-16(23)13-3-5-14(17)6-4-13/h3-9,11H,2,10H2,1H3,(H,20,23). The number of nitrogens with one attached hydrogen (secondary N) is 1.